The Morgan fingerprint density at radius 3 is 2.31 bits per heavy atom. The monoisotopic (exact) mass is 454 g/mol. The lowest BCUT2D eigenvalue weighted by atomic mass is 9.91. The summed E-state index contributed by atoms with van der Waals surface area (Å²) in [5.74, 6) is -1.80. The minimum absolute atomic E-state index is 0.0916. The maximum atomic E-state index is 13.4. The third-order valence-electron chi connectivity index (χ3n) is 5.63. The highest BCUT2D eigenvalue weighted by Gasteiger charge is 2.41. The third-order valence-corrected chi connectivity index (χ3v) is 5.63. The number of hydrogen-bond donors (Lipinski definition) is 2. The van der Waals surface area contributed by atoms with Crippen molar-refractivity contribution in [3.05, 3.63) is 71.4 Å². The molecule has 0 saturated carbocycles. The fourth-order valence-electron chi connectivity index (χ4n) is 4.10. The number of halogens is 6. The molecule has 4 rings (SSSR count). The minimum atomic E-state index is -4.64. The van der Waals surface area contributed by atoms with Gasteiger partial charge in [-0.25, -0.2) is 0 Å². The molecule has 0 radical (unpaired) electrons. The molecule has 0 aliphatic heterocycles. The van der Waals surface area contributed by atoms with Gasteiger partial charge in [0, 0.05) is 16.8 Å². The number of fused-ring (bicyclic) bond motifs is 3. The summed E-state index contributed by atoms with van der Waals surface area (Å²) in [5, 5.41) is 13.7. The first-order valence-corrected chi connectivity index (χ1v) is 9.95. The van der Waals surface area contributed by atoms with Crippen molar-refractivity contribution in [3.63, 3.8) is 0 Å². The number of anilines is 1. The topological polar surface area (TPSA) is 37.2 Å². The SMILES string of the molecule is CC(O)C(Nc1ccccc1)n1c2c(c3cc(C(F)(F)F)ccc31)CC(C(F)(F)F)C=C2. The van der Waals surface area contributed by atoms with Crippen LogP contribution in [0.3, 0.4) is 0 Å². The van der Waals surface area contributed by atoms with E-state index in [0.717, 1.165) is 18.2 Å². The van der Waals surface area contributed by atoms with Crippen LogP contribution in [0.5, 0.6) is 0 Å². The number of aliphatic hydroxyl groups excluding tert-OH is 1. The van der Waals surface area contributed by atoms with Crippen LogP contribution in [-0.2, 0) is 12.6 Å². The second kappa shape index (κ2) is 7.88. The predicted octanol–water partition coefficient (Wildman–Crippen LogP) is 6.40. The molecule has 3 unspecified atom stereocenters. The molecular weight excluding hydrogens is 434 g/mol. The Labute approximate surface area is 180 Å². The molecule has 3 aromatic rings. The van der Waals surface area contributed by atoms with E-state index in [0.29, 0.717) is 16.9 Å². The van der Waals surface area contributed by atoms with Crippen molar-refractivity contribution in [2.45, 2.75) is 38.0 Å². The molecule has 3 atom stereocenters. The van der Waals surface area contributed by atoms with Gasteiger partial charge in [0.2, 0.25) is 0 Å². The van der Waals surface area contributed by atoms with Gasteiger partial charge in [0.15, 0.2) is 0 Å². The lowest BCUT2D eigenvalue weighted by Gasteiger charge is -2.28. The lowest BCUT2D eigenvalue weighted by molar-refractivity contribution is -0.160. The number of allylic oxidation sites excluding steroid dienone is 1. The number of para-hydroxylation sites is 1. The van der Waals surface area contributed by atoms with E-state index in [1.54, 1.807) is 34.9 Å². The van der Waals surface area contributed by atoms with Crippen LogP contribution in [-0.4, -0.2) is 22.0 Å². The second-order valence-corrected chi connectivity index (χ2v) is 7.87. The van der Waals surface area contributed by atoms with Gasteiger partial charge in [0.1, 0.15) is 6.17 Å². The molecule has 0 saturated heterocycles. The van der Waals surface area contributed by atoms with Crippen molar-refractivity contribution in [3.8, 4) is 0 Å². The fourth-order valence-corrected chi connectivity index (χ4v) is 4.10. The van der Waals surface area contributed by atoms with Crippen LogP contribution in [0.25, 0.3) is 17.0 Å². The van der Waals surface area contributed by atoms with E-state index in [4.69, 9.17) is 0 Å². The molecule has 0 amide bonds. The van der Waals surface area contributed by atoms with Gasteiger partial charge in [-0.3, -0.25) is 0 Å². The van der Waals surface area contributed by atoms with Gasteiger partial charge in [-0.15, -0.1) is 0 Å². The van der Waals surface area contributed by atoms with Crippen molar-refractivity contribution < 1.29 is 31.4 Å². The van der Waals surface area contributed by atoms with E-state index in [1.165, 1.54) is 19.1 Å². The van der Waals surface area contributed by atoms with Crippen LogP contribution in [0, 0.1) is 5.92 Å². The molecule has 0 bridgehead atoms. The van der Waals surface area contributed by atoms with Crippen LogP contribution in [0.4, 0.5) is 32.0 Å². The number of nitrogens with zero attached hydrogens (tertiary/aromatic N) is 1. The second-order valence-electron chi connectivity index (χ2n) is 7.87. The zero-order valence-electron chi connectivity index (χ0n) is 16.9. The molecule has 2 N–H and O–H groups in total. The van der Waals surface area contributed by atoms with Gasteiger partial charge in [-0.2, -0.15) is 26.3 Å². The first kappa shape index (κ1) is 22.3. The normalized spacial score (nSPS) is 18.4. The van der Waals surface area contributed by atoms with Crippen LogP contribution in [0.2, 0.25) is 0 Å². The van der Waals surface area contributed by atoms with Gasteiger partial charge in [-0.05, 0) is 55.3 Å². The summed E-state index contributed by atoms with van der Waals surface area (Å²) in [6.07, 6.45) is -9.16. The van der Waals surface area contributed by atoms with Gasteiger partial charge in [-0.1, -0.05) is 24.3 Å². The molecule has 32 heavy (non-hydrogen) atoms. The number of aliphatic hydroxyl groups is 1. The highest BCUT2D eigenvalue weighted by atomic mass is 19.4. The summed E-state index contributed by atoms with van der Waals surface area (Å²) in [4.78, 5) is 0. The van der Waals surface area contributed by atoms with E-state index in [9.17, 15) is 31.4 Å². The quantitative estimate of drug-likeness (QED) is 0.448. The van der Waals surface area contributed by atoms with Crippen LogP contribution in [0.15, 0.2) is 54.6 Å². The standard InChI is InChI=1S/C23H20F6N2O/c1-13(32)21(30-16-5-3-2-4-6-16)31-19-9-7-14(22(24,25)26)11-17(19)18-12-15(23(27,28)29)8-10-20(18)31/h2-11,13,15,21,30,32H,12H2,1H3. The number of hydrogen-bond acceptors (Lipinski definition) is 2. The summed E-state index contributed by atoms with van der Waals surface area (Å²) in [6, 6.07) is 11.9. The van der Waals surface area contributed by atoms with E-state index < -0.39 is 42.5 Å². The van der Waals surface area contributed by atoms with Crippen LogP contribution < -0.4 is 5.32 Å². The first-order valence-electron chi connectivity index (χ1n) is 9.95. The molecule has 1 aliphatic carbocycles. The zero-order valence-corrected chi connectivity index (χ0v) is 16.9. The molecule has 1 aromatic heterocycles. The van der Waals surface area contributed by atoms with Crippen LogP contribution >= 0.6 is 0 Å². The maximum Gasteiger partial charge on any atom is 0.416 e. The summed E-state index contributed by atoms with van der Waals surface area (Å²) >= 11 is 0. The molecule has 0 spiro atoms. The van der Waals surface area contributed by atoms with Crippen molar-refractivity contribution in [1.29, 1.82) is 0 Å². The Morgan fingerprint density at radius 1 is 1.03 bits per heavy atom. The maximum absolute atomic E-state index is 13.4. The Hall–Kier alpha value is -2.94. The molecule has 9 heteroatoms. The number of benzene rings is 2. The van der Waals surface area contributed by atoms with Crippen molar-refractivity contribution in [2.24, 2.45) is 5.92 Å². The molecule has 0 fully saturated rings. The molecule has 170 valence electrons. The largest absolute Gasteiger partial charge is 0.416 e. The van der Waals surface area contributed by atoms with E-state index in [2.05, 4.69) is 5.32 Å². The number of rotatable bonds is 4. The van der Waals surface area contributed by atoms with Crippen LogP contribution in [0.1, 0.15) is 29.9 Å². The molecule has 1 heterocycles. The highest BCUT2D eigenvalue weighted by molar-refractivity contribution is 5.90. The predicted molar refractivity (Wildman–Crippen MR) is 110 cm³/mol. The Bertz CT molecular complexity index is 1150. The molecule has 2 aromatic carbocycles. The average molecular weight is 454 g/mol. The average Bonchev–Trinajstić information content (AvgIpc) is 3.04. The molecule has 1 aliphatic rings. The Morgan fingerprint density at radius 2 is 1.72 bits per heavy atom. The summed E-state index contributed by atoms with van der Waals surface area (Å²) in [6.45, 7) is 1.51. The fraction of sp³-hybridized carbons (Fsp3) is 0.304. The minimum Gasteiger partial charge on any atom is -0.389 e. The highest BCUT2D eigenvalue weighted by Crippen LogP contribution is 2.42. The zero-order chi connectivity index (χ0) is 23.3. The smallest absolute Gasteiger partial charge is 0.389 e. The number of alkyl halides is 6. The van der Waals surface area contributed by atoms with Crippen molar-refractivity contribution in [1.82, 2.24) is 4.57 Å². The lowest BCUT2D eigenvalue weighted by Crippen LogP contribution is -2.30. The van der Waals surface area contributed by atoms with Gasteiger partial charge in [0.05, 0.1) is 23.1 Å². The van der Waals surface area contributed by atoms with Crippen molar-refractivity contribution in [2.75, 3.05) is 5.32 Å². The van der Waals surface area contributed by atoms with Gasteiger partial charge >= 0.3 is 12.4 Å². The molecule has 3 nitrogen and oxygen atoms in total. The summed E-state index contributed by atoms with van der Waals surface area (Å²) in [7, 11) is 0. The summed E-state index contributed by atoms with van der Waals surface area (Å²) < 4.78 is 81.8. The Balaban J connectivity index is 1.92. The summed E-state index contributed by atoms with van der Waals surface area (Å²) in [5.41, 5.74) is 0.539. The Kier molecular flexibility index (Phi) is 5.48. The number of nitrogens with one attached hydrogen (secondary N) is 1. The number of aromatic nitrogens is 1. The van der Waals surface area contributed by atoms with Gasteiger partial charge in [0.25, 0.3) is 0 Å². The van der Waals surface area contributed by atoms with E-state index in [-0.39, 0.29) is 10.9 Å². The third kappa shape index (κ3) is 4.09. The van der Waals surface area contributed by atoms with Gasteiger partial charge < -0.3 is 15.0 Å². The molecular formula is C23H20F6N2O. The van der Waals surface area contributed by atoms with Crippen molar-refractivity contribution >= 4 is 22.7 Å². The first-order chi connectivity index (χ1) is 15.0. The van der Waals surface area contributed by atoms with E-state index >= 15 is 0 Å². The van der Waals surface area contributed by atoms with E-state index in [1.807, 2.05) is 0 Å².